The van der Waals surface area contributed by atoms with Crippen molar-refractivity contribution < 1.29 is 19.4 Å². The van der Waals surface area contributed by atoms with E-state index in [1.54, 1.807) is 27.7 Å². The van der Waals surface area contributed by atoms with Crippen LogP contribution in [0.2, 0.25) is 0 Å². The molecular formula is C11H19NO4S. The van der Waals surface area contributed by atoms with Crippen molar-refractivity contribution in [2.45, 2.75) is 38.8 Å². The van der Waals surface area contributed by atoms with Crippen LogP contribution in [0.4, 0.5) is 4.79 Å². The molecule has 1 N–H and O–H groups in total. The van der Waals surface area contributed by atoms with Gasteiger partial charge in [0.05, 0.1) is 0 Å². The highest BCUT2D eigenvalue weighted by Gasteiger charge is 2.45. The summed E-state index contributed by atoms with van der Waals surface area (Å²) in [7, 11) is 0. The van der Waals surface area contributed by atoms with Crippen molar-refractivity contribution in [2.24, 2.45) is 0 Å². The number of carbonyl (C=O) groups is 2. The monoisotopic (exact) mass is 261 g/mol. The first-order valence-corrected chi connectivity index (χ1v) is 6.64. The number of hydrogen-bond donors (Lipinski definition) is 1. The van der Waals surface area contributed by atoms with E-state index >= 15 is 0 Å². The second-order valence-corrected chi connectivity index (χ2v) is 6.37. The van der Waals surface area contributed by atoms with Crippen LogP contribution in [0.15, 0.2) is 0 Å². The van der Waals surface area contributed by atoms with Crippen molar-refractivity contribution in [3.63, 3.8) is 0 Å². The molecule has 1 rings (SSSR count). The summed E-state index contributed by atoms with van der Waals surface area (Å²) >= 11 is 1.54. The summed E-state index contributed by atoms with van der Waals surface area (Å²) < 4.78 is 5.24. The van der Waals surface area contributed by atoms with Gasteiger partial charge in [-0.1, -0.05) is 0 Å². The van der Waals surface area contributed by atoms with Crippen LogP contribution in [0.1, 0.15) is 27.7 Å². The number of carbonyl (C=O) groups excluding carboxylic acids is 1. The summed E-state index contributed by atoms with van der Waals surface area (Å²) in [6.45, 7) is 7.26. The summed E-state index contributed by atoms with van der Waals surface area (Å²) in [6, 6.07) is 0. The summed E-state index contributed by atoms with van der Waals surface area (Å²) in [5.74, 6) is 0.138. The van der Waals surface area contributed by atoms with Gasteiger partial charge in [0.25, 0.3) is 0 Å². The molecule has 0 bridgehead atoms. The molecule has 1 aliphatic heterocycles. The zero-order chi connectivity index (χ0) is 13.3. The third-order valence-electron chi connectivity index (χ3n) is 2.51. The summed E-state index contributed by atoms with van der Waals surface area (Å²) in [6.07, 6.45) is -0.553. The third-order valence-corrected chi connectivity index (χ3v) is 3.75. The number of rotatable bonds is 1. The predicted octanol–water partition coefficient (Wildman–Crippen LogP) is 1.81. The van der Waals surface area contributed by atoms with Gasteiger partial charge in [-0.15, -0.1) is 0 Å². The van der Waals surface area contributed by atoms with E-state index in [9.17, 15) is 14.7 Å². The Kier molecular flexibility index (Phi) is 3.96. The molecule has 17 heavy (non-hydrogen) atoms. The van der Waals surface area contributed by atoms with Gasteiger partial charge in [0.1, 0.15) is 11.1 Å². The van der Waals surface area contributed by atoms with Gasteiger partial charge in [0.2, 0.25) is 0 Å². The van der Waals surface area contributed by atoms with Crippen LogP contribution in [-0.2, 0) is 9.53 Å². The molecule has 0 saturated carbocycles. The van der Waals surface area contributed by atoms with E-state index in [1.807, 2.05) is 0 Å². The zero-order valence-corrected chi connectivity index (χ0v) is 11.5. The molecule has 0 aromatic heterocycles. The highest BCUT2D eigenvalue weighted by Crippen LogP contribution is 2.28. The van der Waals surface area contributed by atoms with Gasteiger partial charge in [-0.3, -0.25) is 4.90 Å². The topological polar surface area (TPSA) is 66.8 Å². The van der Waals surface area contributed by atoms with E-state index in [4.69, 9.17) is 4.74 Å². The van der Waals surface area contributed by atoms with Gasteiger partial charge in [-0.25, -0.2) is 9.59 Å². The largest absolute Gasteiger partial charge is 0.479 e. The number of aliphatic carboxylic acids is 1. The lowest BCUT2D eigenvalue weighted by Gasteiger charge is -2.41. The van der Waals surface area contributed by atoms with Crippen LogP contribution in [0.5, 0.6) is 0 Å². The fourth-order valence-corrected chi connectivity index (χ4v) is 2.67. The Balaban J connectivity index is 2.86. The Morgan fingerprint density at radius 3 is 2.47 bits per heavy atom. The lowest BCUT2D eigenvalue weighted by atomic mass is 10.0. The normalized spacial score (nSPS) is 25.5. The Bertz CT molecular complexity index is 326. The lowest BCUT2D eigenvalue weighted by Crippen LogP contribution is -2.60. The average Bonchev–Trinajstić information content (AvgIpc) is 2.15. The van der Waals surface area contributed by atoms with Crippen LogP contribution < -0.4 is 0 Å². The predicted molar refractivity (Wildman–Crippen MR) is 66.3 cm³/mol. The van der Waals surface area contributed by atoms with Gasteiger partial charge >= 0.3 is 12.1 Å². The molecule has 5 nitrogen and oxygen atoms in total. The van der Waals surface area contributed by atoms with Crippen LogP contribution in [-0.4, -0.2) is 51.3 Å². The summed E-state index contributed by atoms with van der Waals surface area (Å²) in [4.78, 5) is 24.6. The van der Waals surface area contributed by atoms with Crippen molar-refractivity contribution in [2.75, 3.05) is 18.1 Å². The molecule has 1 heterocycles. The smallest absolute Gasteiger partial charge is 0.411 e. The molecule has 0 radical (unpaired) electrons. The molecule has 1 unspecified atom stereocenters. The number of nitrogens with zero attached hydrogens (tertiary/aromatic N) is 1. The first-order valence-electron chi connectivity index (χ1n) is 5.48. The second-order valence-electron chi connectivity index (χ2n) is 5.26. The van der Waals surface area contributed by atoms with Gasteiger partial charge < -0.3 is 9.84 Å². The van der Waals surface area contributed by atoms with E-state index in [-0.39, 0.29) is 0 Å². The molecule has 1 fully saturated rings. The van der Waals surface area contributed by atoms with Crippen molar-refractivity contribution in [1.29, 1.82) is 0 Å². The minimum absolute atomic E-state index is 0.390. The number of ether oxygens (including phenoxy) is 1. The maximum absolute atomic E-state index is 12.0. The lowest BCUT2D eigenvalue weighted by molar-refractivity contribution is -0.148. The maximum atomic E-state index is 12.0. The number of amides is 1. The number of carboxylic acid groups (broad SMARTS) is 1. The molecule has 98 valence electrons. The van der Waals surface area contributed by atoms with E-state index < -0.39 is 23.2 Å². The van der Waals surface area contributed by atoms with E-state index in [2.05, 4.69) is 0 Å². The Hall–Kier alpha value is -0.910. The maximum Gasteiger partial charge on any atom is 0.411 e. The second kappa shape index (κ2) is 4.76. The fraction of sp³-hybridized carbons (Fsp3) is 0.818. The minimum Gasteiger partial charge on any atom is -0.479 e. The van der Waals surface area contributed by atoms with E-state index in [0.717, 1.165) is 5.75 Å². The van der Waals surface area contributed by atoms with Gasteiger partial charge in [0, 0.05) is 18.1 Å². The Morgan fingerprint density at radius 2 is 2.00 bits per heavy atom. The van der Waals surface area contributed by atoms with Crippen molar-refractivity contribution in [3.8, 4) is 0 Å². The molecule has 1 amide bonds. The highest BCUT2D eigenvalue weighted by atomic mass is 32.2. The fourth-order valence-electron chi connectivity index (χ4n) is 1.54. The molecule has 1 atom stereocenters. The standard InChI is InChI=1S/C11H19NO4S/c1-10(2,3)16-9(15)12-5-6-17-7-11(12,4)8(13)14/h5-7H2,1-4H3,(H,13,14). The van der Waals surface area contributed by atoms with Crippen molar-refractivity contribution in [3.05, 3.63) is 0 Å². The molecule has 1 aliphatic rings. The third kappa shape index (κ3) is 3.28. The van der Waals surface area contributed by atoms with Crippen molar-refractivity contribution in [1.82, 2.24) is 4.90 Å². The first-order chi connectivity index (χ1) is 7.67. The Labute approximate surface area is 105 Å². The van der Waals surface area contributed by atoms with Crippen LogP contribution in [0.25, 0.3) is 0 Å². The zero-order valence-electron chi connectivity index (χ0n) is 10.6. The van der Waals surface area contributed by atoms with Crippen LogP contribution >= 0.6 is 11.8 Å². The van der Waals surface area contributed by atoms with Gasteiger partial charge in [-0.2, -0.15) is 11.8 Å². The summed E-state index contributed by atoms with van der Waals surface area (Å²) in [5, 5.41) is 9.25. The molecular weight excluding hydrogens is 242 g/mol. The molecule has 0 aromatic rings. The molecule has 0 aromatic carbocycles. The quantitative estimate of drug-likeness (QED) is 0.779. The molecule has 0 aliphatic carbocycles. The summed E-state index contributed by atoms with van der Waals surface area (Å²) in [5.41, 5.74) is -1.79. The first kappa shape index (κ1) is 14.2. The Morgan fingerprint density at radius 1 is 1.41 bits per heavy atom. The van der Waals surface area contributed by atoms with E-state index in [1.165, 1.54) is 16.7 Å². The molecule has 6 heteroatoms. The highest BCUT2D eigenvalue weighted by molar-refractivity contribution is 7.99. The SMILES string of the molecule is CC(C)(C)OC(=O)N1CCSCC1(C)C(=O)O. The van der Waals surface area contributed by atoms with Crippen LogP contribution in [0.3, 0.4) is 0 Å². The number of hydrogen-bond acceptors (Lipinski definition) is 4. The van der Waals surface area contributed by atoms with E-state index in [0.29, 0.717) is 12.3 Å². The number of carboxylic acids is 1. The van der Waals surface area contributed by atoms with Crippen molar-refractivity contribution >= 4 is 23.8 Å². The average molecular weight is 261 g/mol. The van der Waals surface area contributed by atoms with Gasteiger partial charge in [-0.05, 0) is 27.7 Å². The molecule has 0 spiro atoms. The number of thioether (sulfide) groups is 1. The van der Waals surface area contributed by atoms with Crippen LogP contribution in [0, 0.1) is 0 Å². The molecule has 1 saturated heterocycles. The van der Waals surface area contributed by atoms with Gasteiger partial charge in [0.15, 0.2) is 0 Å². The minimum atomic E-state index is -1.18.